The molecule has 1 atom stereocenters. The molecule has 0 bridgehead atoms. The Kier molecular flexibility index (Phi) is 3.50. The van der Waals surface area contributed by atoms with E-state index >= 15 is 0 Å². The van der Waals surface area contributed by atoms with E-state index in [2.05, 4.69) is 74.5 Å². The van der Waals surface area contributed by atoms with Gasteiger partial charge in [0.1, 0.15) is 0 Å². The van der Waals surface area contributed by atoms with Crippen LogP contribution >= 0.6 is 0 Å². The number of benzene rings is 4. The van der Waals surface area contributed by atoms with E-state index < -0.39 is 0 Å². The molecule has 0 radical (unpaired) electrons. The predicted octanol–water partition coefficient (Wildman–Crippen LogP) is 7.96. The number of fused-ring (bicyclic) bond motifs is 5. The molecule has 1 unspecified atom stereocenters. The van der Waals surface area contributed by atoms with Crippen LogP contribution in [0.3, 0.4) is 0 Å². The smallest absolute Gasteiger partial charge is 0.0400 e. The molecular weight excluding hydrogens is 360 g/mol. The Labute approximate surface area is 179 Å². The minimum absolute atomic E-state index is 0. The molecule has 0 saturated heterocycles. The summed E-state index contributed by atoms with van der Waals surface area (Å²) in [6.45, 7) is 4.71. The van der Waals surface area contributed by atoms with Crippen molar-refractivity contribution in [2.45, 2.75) is 52.4 Å². The van der Waals surface area contributed by atoms with Gasteiger partial charge < -0.3 is 0 Å². The molecule has 30 heavy (non-hydrogen) atoms. The minimum atomic E-state index is 0. The fraction of sp³-hybridized carbons (Fsp3) is 0.267. The van der Waals surface area contributed by atoms with Crippen LogP contribution in [0, 0.1) is 13.8 Å². The van der Waals surface area contributed by atoms with Gasteiger partial charge in [-0.15, -0.1) is 0 Å². The molecule has 0 heterocycles. The van der Waals surface area contributed by atoms with Crippen molar-refractivity contribution < 1.29 is 0 Å². The number of hydrogen-bond donors (Lipinski definition) is 0. The standard InChI is InChI=1S/C29H24.CH4/c1-17-19-9-3-5-11-23(19)25-26-24-12-6-4-10-20(24)18(2)22-14-8-16-29(28(22)26)15-7-13-21(17)27(25)29;/h3-7,9-12,15H,8,13-14,16H2,1-2H3;1H4. The Balaban J connectivity index is 0.00000175. The lowest BCUT2D eigenvalue weighted by Crippen LogP contribution is -2.31. The van der Waals surface area contributed by atoms with Crippen LogP contribution in [0.25, 0.3) is 32.7 Å². The summed E-state index contributed by atoms with van der Waals surface area (Å²) in [7, 11) is 0. The Morgan fingerprint density at radius 2 is 1.23 bits per heavy atom. The summed E-state index contributed by atoms with van der Waals surface area (Å²) in [5.74, 6) is 0. The van der Waals surface area contributed by atoms with Gasteiger partial charge in [-0.2, -0.15) is 0 Å². The fourth-order valence-electron chi connectivity index (χ4n) is 6.95. The van der Waals surface area contributed by atoms with Crippen LogP contribution in [-0.4, -0.2) is 0 Å². The summed E-state index contributed by atoms with van der Waals surface area (Å²) in [5.41, 5.74) is 12.7. The Morgan fingerprint density at radius 1 is 0.700 bits per heavy atom. The van der Waals surface area contributed by atoms with Gasteiger partial charge in [0.25, 0.3) is 0 Å². The lowest BCUT2D eigenvalue weighted by atomic mass is 9.64. The first-order chi connectivity index (χ1) is 14.2. The van der Waals surface area contributed by atoms with Gasteiger partial charge >= 0.3 is 0 Å². The highest BCUT2D eigenvalue weighted by Gasteiger charge is 2.49. The SMILES string of the molecule is C.Cc1c2c3c(c4ccccc14)-c1c4c(c(C)c5ccccc15)CCCC34C=CC2. The van der Waals surface area contributed by atoms with E-state index in [1.54, 1.807) is 33.4 Å². The third-order valence-electron chi connectivity index (χ3n) is 8.07. The summed E-state index contributed by atoms with van der Waals surface area (Å²) < 4.78 is 0. The van der Waals surface area contributed by atoms with Crippen LogP contribution in [0.15, 0.2) is 60.7 Å². The van der Waals surface area contributed by atoms with E-state index in [0.717, 1.165) is 6.42 Å². The quantitative estimate of drug-likeness (QED) is 0.268. The van der Waals surface area contributed by atoms with E-state index in [0.29, 0.717) is 0 Å². The molecule has 148 valence electrons. The molecule has 4 aromatic carbocycles. The molecule has 0 amide bonds. The first kappa shape index (κ1) is 18.0. The van der Waals surface area contributed by atoms with E-state index in [1.165, 1.54) is 51.9 Å². The molecule has 1 spiro atoms. The summed E-state index contributed by atoms with van der Waals surface area (Å²) in [4.78, 5) is 0. The van der Waals surface area contributed by atoms with Gasteiger partial charge in [-0.05, 0) is 106 Å². The average molecular weight is 389 g/mol. The van der Waals surface area contributed by atoms with Gasteiger partial charge in [0, 0.05) is 5.41 Å². The highest BCUT2D eigenvalue weighted by molar-refractivity contribution is 6.14. The average Bonchev–Trinajstić information content (AvgIpc) is 3.08. The maximum absolute atomic E-state index is 2.58. The van der Waals surface area contributed by atoms with Gasteiger partial charge in [0.05, 0.1) is 0 Å². The van der Waals surface area contributed by atoms with Gasteiger partial charge in [0.2, 0.25) is 0 Å². The van der Waals surface area contributed by atoms with E-state index in [1.807, 2.05) is 0 Å². The third kappa shape index (κ3) is 1.84. The molecule has 0 fully saturated rings. The van der Waals surface area contributed by atoms with Crippen molar-refractivity contribution in [2.75, 3.05) is 0 Å². The summed E-state index contributed by atoms with van der Waals surface area (Å²) >= 11 is 0. The second kappa shape index (κ2) is 5.85. The zero-order valence-corrected chi connectivity index (χ0v) is 17.1. The number of hydrogen-bond acceptors (Lipinski definition) is 0. The van der Waals surface area contributed by atoms with Crippen LogP contribution < -0.4 is 0 Å². The molecule has 0 nitrogen and oxygen atoms in total. The second-order valence-electron chi connectivity index (χ2n) is 9.23. The second-order valence-corrected chi connectivity index (χ2v) is 9.23. The number of allylic oxidation sites excluding steroid dienone is 2. The molecule has 0 aliphatic heterocycles. The molecule has 0 N–H and O–H groups in total. The highest BCUT2D eigenvalue weighted by atomic mass is 14.5. The summed E-state index contributed by atoms with van der Waals surface area (Å²) in [6.07, 6.45) is 9.86. The lowest BCUT2D eigenvalue weighted by molar-refractivity contribution is 0.515. The first-order valence-corrected chi connectivity index (χ1v) is 11.0. The highest BCUT2D eigenvalue weighted by Crippen LogP contribution is 2.62. The lowest BCUT2D eigenvalue weighted by Gasteiger charge is -2.39. The van der Waals surface area contributed by atoms with E-state index in [-0.39, 0.29) is 12.8 Å². The largest absolute Gasteiger partial charge is 0.0829 e. The maximum atomic E-state index is 2.58. The van der Waals surface area contributed by atoms with Crippen molar-refractivity contribution in [1.29, 1.82) is 0 Å². The van der Waals surface area contributed by atoms with Gasteiger partial charge in [-0.1, -0.05) is 68.1 Å². The number of rotatable bonds is 0. The fourth-order valence-corrected chi connectivity index (χ4v) is 6.95. The van der Waals surface area contributed by atoms with Crippen LogP contribution in [-0.2, 0) is 18.3 Å². The van der Waals surface area contributed by atoms with Gasteiger partial charge in [-0.3, -0.25) is 0 Å². The molecule has 7 rings (SSSR count). The van der Waals surface area contributed by atoms with Crippen molar-refractivity contribution in [3.63, 3.8) is 0 Å². The van der Waals surface area contributed by atoms with Crippen LogP contribution in [0.1, 0.15) is 53.6 Å². The van der Waals surface area contributed by atoms with Crippen LogP contribution in [0.4, 0.5) is 0 Å². The zero-order valence-electron chi connectivity index (χ0n) is 17.1. The van der Waals surface area contributed by atoms with E-state index in [9.17, 15) is 0 Å². The monoisotopic (exact) mass is 388 g/mol. The molecule has 0 aromatic heterocycles. The Hall–Kier alpha value is -2.86. The van der Waals surface area contributed by atoms with Crippen LogP contribution in [0.2, 0.25) is 0 Å². The zero-order chi connectivity index (χ0) is 19.3. The summed E-state index contributed by atoms with van der Waals surface area (Å²) in [6, 6.07) is 18.2. The Bertz CT molecular complexity index is 1420. The van der Waals surface area contributed by atoms with Crippen molar-refractivity contribution in [3.8, 4) is 11.1 Å². The molecule has 0 heteroatoms. The number of aryl methyl sites for hydroxylation is 2. The molecule has 3 aliphatic carbocycles. The minimum Gasteiger partial charge on any atom is -0.0829 e. The van der Waals surface area contributed by atoms with Crippen molar-refractivity contribution >= 4 is 21.5 Å². The normalized spacial score (nSPS) is 20.2. The summed E-state index contributed by atoms with van der Waals surface area (Å²) in [5, 5.41) is 5.77. The molecule has 4 aromatic rings. The van der Waals surface area contributed by atoms with Gasteiger partial charge in [-0.25, -0.2) is 0 Å². The van der Waals surface area contributed by atoms with Gasteiger partial charge in [0.15, 0.2) is 0 Å². The Morgan fingerprint density at radius 3 is 1.87 bits per heavy atom. The van der Waals surface area contributed by atoms with E-state index in [4.69, 9.17) is 0 Å². The molecule has 3 aliphatic rings. The molecular formula is C30H28. The van der Waals surface area contributed by atoms with Crippen LogP contribution in [0.5, 0.6) is 0 Å². The van der Waals surface area contributed by atoms with Crippen molar-refractivity contribution in [1.82, 2.24) is 0 Å². The topological polar surface area (TPSA) is 0 Å². The predicted molar refractivity (Wildman–Crippen MR) is 130 cm³/mol. The van der Waals surface area contributed by atoms with Crippen molar-refractivity contribution in [3.05, 3.63) is 94.1 Å². The third-order valence-corrected chi connectivity index (χ3v) is 8.07. The molecule has 0 saturated carbocycles. The first-order valence-electron chi connectivity index (χ1n) is 11.0. The maximum Gasteiger partial charge on any atom is 0.0400 e. The van der Waals surface area contributed by atoms with Crippen molar-refractivity contribution in [2.24, 2.45) is 0 Å².